The summed E-state index contributed by atoms with van der Waals surface area (Å²) in [6.45, 7) is 3.98. The molecule has 0 atom stereocenters. The van der Waals surface area contributed by atoms with Crippen molar-refractivity contribution in [1.82, 2.24) is 4.98 Å². The van der Waals surface area contributed by atoms with Gasteiger partial charge in [-0.3, -0.25) is 4.79 Å². The van der Waals surface area contributed by atoms with Crippen LogP contribution in [0.4, 0.5) is 5.69 Å². The number of anilines is 1. The van der Waals surface area contributed by atoms with Crippen molar-refractivity contribution in [1.29, 1.82) is 0 Å². The molecule has 0 saturated heterocycles. The molecule has 0 aliphatic heterocycles. The van der Waals surface area contributed by atoms with Crippen LogP contribution in [0.25, 0.3) is 22.2 Å². The first-order chi connectivity index (χ1) is 13.9. The number of amides is 1. The Morgan fingerprint density at radius 1 is 0.862 bits per heavy atom. The fraction of sp³-hybridized carbons (Fsp3) is 0.0833. The van der Waals surface area contributed by atoms with Crippen LogP contribution in [0.2, 0.25) is 0 Å². The first-order valence-electron chi connectivity index (χ1n) is 9.16. The van der Waals surface area contributed by atoms with Gasteiger partial charge in [0.05, 0.1) is 16.8 Å². The minimum atomic E-state index is -0.155. The largest absolute Gasteiger partial charge is 0.322 e. The number of nitrogens with one attached hydrogen (secondary N) is 1. The Labute approximate surface area is 186 Å². The average molecular weight is 510 g/mol. The van der Waals surface area contributed by atoms with Crippen molar-refractivity contribution < 1.29 is 4.79 Å². The van der Waals surface area contributed by atoms with E-state index in [0.717, 1.165) is 47.9 Å². The molecule has 1 aromatic heterocycles. The molecule has 5 heteroatoms. The minimum Gasteiger partial charge on any atom is -0.322 e. The second kappa shape index (κ2) is 8.09. The van der Waals surface area contributed by atoms with Gasteiger partial charge < -0.3 is 5.32 Å². The number of pyridine rings is 1. The average Bonchev–Trinajstić information content (AvgIpc) is 2.70. The Bertz CT molecular complexity index is 1240. The van der Waals surface area contributed by atoms with Crippen molar-refractivity contribution in [2.75, 3.05) is 5.32 Å². The summed E-state index contributed by atoms with van der Waals surface area (Å²) in [5, 5.41) is 3.88. The number of rotatable bonds is 3. The predicted molar refractivity (Wildman–Crippen MR) is 126 cm³/mol. The maximum absolute atomic E-state index is 13.3. The maximum atomic E-state index is 13.3. The van der Waals surface area contributed by atoms with Crippen LogP contribution in [0.1, 0.15) is 21.5 Å². The maximum Gasteiger partial charge on any atom is 0.256 e. The van der Waals surface area contributed by atoms with Crippen molar-refractivity contribution in [3.05, 3.63) is 92.4 Å². The molecule has 0 bridgehead atoms. The Morgan fingerprint density at radius 2 is 1.59 bits per heavy atom. The normalized spacial score (nSPS) is 10.9. The van der Waals surface area contributed by atoms with Gasteiger partial charge in [-0.1, -0.05) is 62.2 Å². The van der Waals surface area contributed by atoms with Crippen LogP contribution in [0.3, 0.4) is 0 Å². The van der Waals surface area contributed by atoms with E-state index in [1.165, 1.54) is 0 Å². The molecule has 3 nitrogen and oxygen atoms in total. The number of fused-ring (bicyclic) bond motifs is 1. The SMILES string of the molecule is Cc1cc(Br)ccc1NC(=O)c1cc(-c2ccccc2)nc2c(C)cc(Br)cc12. The van der Waals surface area contributed by atoms with Gasteiger partial charge in [0.1, 0.15) is 0 Å². The number of aryl methyl sites for hydroxylation is 2. The van der Waals surface area contributed by atoms with Gasteiger partial charge >= 0.3 is 0 Å². The lowest BCUT2D eigenvalue weighted by atomic mass is 10.0. The quantitative estimate of drug-likeness (QED) is 0.315. The number of halogens is 2. The Kier molecular flexibility index (Phi) is 5.52. The minimum absolute atomic E-state index is 0.155. The van der Waals surface area contributed by atoms with E-state index in [0.29, 0.717) is 5.56 Å². The molecule has 4 aromatic rings. The smallest absolute Gasteiger partial charge is 0.256 e. The molecule has 0 radical (unpaired) electrons. The molecule has 0 spiro atoms. The van der Waals surface area contributed by atoms with Crippen molar-refractivity contribution >= 4 is 54.4 Å². The molecule has 1 heterocycles. The van der Waals surface area contributed by atoms with Crippen LogP contribution in [0.5, 0.6) is 0 Å². The van der Waals surface area contributed by atoms with Crippen molar-refractivity contribution in [2.45, 2.75) is 13.8 Å². The number of aromatic nitrogens is 1. The van der Waals surface area contributed by atoms with Gasteiger partial charge in [0.15, 0.2) is 0 Å². The second-order valence-electron chi connectivity index (χ2n) is 6.95. The molecule has 29 heavy (non-hydrogen) atoms. The monoisotopic (exact) mass is 508 g/mol. The molecule has 1 amide bonds. The molecule has 3 aromatic carbocycles. The third-order valence-electron chi connectivity index (χ3n) is 4.82. The summed E-state index contributed by atoms with van der Waals surface area (Å²) in [5.41, 5.74) is 5.98. The molecule has 0 unspecified atom stereocenters. The fourth-order valence-electron chi connectivity index (χ4n) is 3.36. The first kappa shape index (κ1) is 19.8. The van der Waals surface area contributed by atoms with Crippen molar-refractivity contribution in [3.8, 4) is 11.3 Å². The van der Waals surface area contributed by atoms with E-state index < -0.39 is 0 Å². The summed E-state index contributed by atoms with van der Waals surface area (Å²) in [5.74, 6) is -0.155. The first-order valence-corrected chi connectivity index (χ1v) is 10.7. The van der Waals surface area contributed by atoms with E-state index in [9.17, 15) is 4.79 Å². The Balaban J connectivity index is 1.88. The van der Waals surface area contributed by atoms with E-state index in [1.807, 2.05) is 80.6 Å². The number of nitrogens with zero attached hydrogens (tertiary/aromatic N) is 1. The lowest BCUT2D eigenvalue weighted by molar-refractivity contribution is 0.102. The van der Waals surface area contributed by atoms with Gasteiger partial charge in [0.2, 0.25) is 0 Å². The van der Waals surface area contributed by atoms with Gasteiger partial charge in [-0.05, 0) is 61.4 Å². The zero-order chi connectivity index (χ0) is 20.5. The Hall–Kier alpha value is -2.50. The van der Waals surface area contributed by atoms with Gasteiger partial charge in [0, 0.05) is 25.6 Å². The van der Waals surface area contributed by atoms with E-state index in [-0.39, 0.29) is 5.91 Å². The number of hydrogen-bond acceptors (Lipinski definition) is 2. The molecular formula is C24H18Br2N2O. The van der Waals surface area contributed by atoms with E-state index in [2.05, 4.69) is 37.2 Å². The third-order valence-corrected chi connectivity index (χ3v) is 5.77. The molecule has 0 aliphatic carbocycles. The second-order valence-corrected chi connectivity index (χ2v) is 8.78. The highest BCUT2D eigenvalue weighted by atomic mass is 79.9. The standard InChI is InChI=1S/C24H18Br2N2O/c1-14-10-17(25)8-9-21(14)28-24(29)20-13-22(16-6-4-3-5-7-16)27-23-15(2)11-18(26)12-19(20)23/h3-13H,1-2H3,(H,28,29). The van der Waals surface area contributed by atoms with Crippen LogP contribution in [0, 0.1) is 13.8 Å². The van der Waals surface area contributed by atoms with Crippen LogP contribution < -0.4 is 5.32 Å². The van der Waals surface area contributed by atoms with Gasteiger partial charge in [-0.15, -0.1) is 0 Å². The highest BCUT2D eigenvalue weighted by Crippen LogP contribution is 2.30. The zero-order valence-corrected chi connectivity index (χ0v) is 19.1. The zero-order valence-electron chi connectivity index (χ0n) is 16.0. The highest BCUT2D eigenvalue weighted by molar-refractivity contribution is 9.10. The predicted octanol–water partition coefficient (Wildman–Crippen LogP) is 7.30. The van der Waals surface area contributed by atoms with E-state index in [1.54, 1.807) is 0 Å². The molecular weight excluding hydrogens is 492 g/mol. The number of carbonyl (C=O) groups is 1. The molecule has 4 rings (SSSR count). The lowest BCUT2D eigenvalue weighted by Crippen LogP contribution is -2.14. The number of carbonyl (C=O) groups excluding carboxylic acids is 1. The lowest BCUT2D eigenvalue weighted by Gasteiger charge is -2.14. The van der Waals surface area contributed by atoms with Gasteiger partial charge in [-0.25, -0.2) is 4.98 Å². The summed E-state index contributed by atoms with van der Waals surface area (Å²) in [6, 6.07) is 21.6. The van der Waals surface area contributed by atoms with Crippen molar-refractivity contribution in [2.24, 2.45) is 0 Å². The van der Waals surface area contributed by atoms with Crippen LogP contribution in [-0.4, -0.2) is 10.9 Å². The van der Waals surface area contributed by atoms with Crippen LogP contribution in [0.15, 0.2) is 75.7 Å². The molecule has 0 saturated carbocycles. The van der Waals surface area contributed by atoms with Crippen LogP contribution in [-0.2, 0) is 0 Å². The Morgan fingerprint density at radius 3 is 2.31 bits per heavy atom. The highest BCUT2D eigenvalue weighted by Gasteiger charge is 2.17. The van der Waals surface area contributed by atoms with E-state index >= 15 is 0 Å². The van der Waals surface area contributed by atoms with Gasteiger partial charge in [-0.2, -0.15) is 0 Å². The topological polar surface area (TPSA) is 42.0 Å². The molecule has 144 valence electrons. The third kappa shape index (κ3) is 4.11. The fourth-order valence-corrected chi connectivity index (χ4v) is 4.41. The molecule has 0 aliphatic rings. The summed E-state index contributed by atoms with van der Waals surface area (Å²) >= 11 is 7.02. The van der Waals surface area contributed by atoms with Gasteiger partial charge in [0.25, 0.3) is 5.91 Å². The molecule has 0 fully saturated rings. The number of benzene rings is 3. The summed E-state index contributed by atoms with van der Waals surface area (Å²) in [4.78, 5) is 18.2. The summed E-state index contributed by atoms with van der Waals surface area (Å²) in [6.07, 6.45) is 0. The van der Waals surface area contributed by atoms with Crippen molar-refractivity contribution in [3.63, 3.8) is 0 Å². The molecule has 1 N–H and O–H groups in total. The number of hydrogen-bond donors (Lipinski definition) is 1. The van der Waals surface area contributed by atoms with Crippen LogP contribution >= 0.6 is 31.9 Å². The summed E-state index contributed by atoms with van der Waals surface area (Å²) < 4.78 is 1.90. The summed E-state index contributed by atoms with van der Waals surface area (Å²) in [7, 11) is 0. The van der Waals surface area contributed by atoms with E-state index in [4.69, 9.17) is 4.98 Å².